The quantitative estimate of drug-likeness (QED) is 0.623. The van der Waals surface area contributed by atoms with Gasteiger partial charge in [0.15, 0.2) is 0 Å². The van der Waals surface area contributed by atoms with Gasteiger partial charge >= 0.3 is 0 Å². The molecule has 1 aliphatic rings. The summed E-state index contributed by atoms with van der Waals surface area (Å²) in [5, 5.41) is 6.41. The fraction of sp³-hybridized carbons (Fsp3) is 0.474. The van der Waals surface area contributed by atoms with Gasteiger partial charge in [-0.3, -0.25) is 0 Å². The molecule has 3 rings (SSSR count). The van der Waals surface area contributed by atoms with E-state index in [4.69, 9.17) is 0 Å². The van der Waals surface area contributed by atoms with Gasteiger partial charge in [-0.1, -0.05) is 60.5 Å². The van der Waals surface area contributed by atoms with Crippen molar-refractivity contribution in [1.29, 1.82) is 0 Å². The van der Waals surface area contributed by atoms with E-state index in [0.717, 1.165) is 0 Å². The molecule has 0 aromatic heterocycles. The molecular formula is C19H24BrN. The average molecular weight is 346 g/mol. The first-order valence-electron chi connectivity index (χ1n) is 7.99. The van der Waals surface area contributed by atoms with Gasteiger partial charge in [0.2, 0.25) is 0 Å². The highest BCUT2D eigenvalue weighted by Crippen LogP contribution is 2.36. The summed E-state index contributed by atoms with van der Waals surface area (Å²) in [4.78, 5) is 0. The molecule has 0 amide bonds. The van der Waals surface area contributed by atoms with Crippen LogP contribution in [0.1, 0.15) is 46.0 Å². The van der Waals surface area contributed by atoms with E-state index in [0.29, 0.717) is 11.5 Å². The van der Waals surface area contributed by atoms with E-state index in [9.17, 15) is 0 Å². The molecular weight excluding hydrogens is 322 g/mol. The van der Waals surface area contributed by atoms with E-state index >= 15 is 0 Å². The Balaban J connectivity index is 1.84. The van der Waals surface area contributed by atoms with Gasteiger partial charge < -0.3 is 5.32 Å². The van der Waals surface area contributed by atoms with Crippen LogP contribution in [-0.2, 0) is 0 Å². The molecule has 0 heterocycles. The third kappa shape index (κ3) is 3.42. The molecule has 1 aliphatic carbocycles. The highest BCUT2D eigenvalue weighted by Gasteiger charge is 2.24. The average Bonchev–Trinajstić information content (AvgIpc) is 2.63. The minimum Gasteiger partial charge on any atom is -0.382 e. The van der Waals surface area contributed by atoms with Crippen LogP contribution in [0.15, 0.2) is 40.9 Å². The summed E-state index contributed by atoms with van der Waals surface area (Å²) in [6.07, 6.45) is 6.57. The molecule has 1 N–H and O–H groups in total. The normalized spacial score (nSPS) is 22.0. The molecule has 0 aliphatic heterocycles. The Bertz CT molecular complexity index is 632. The van der Waals surface area contributed by atoms with E-state index < -0.39 is 0 Å². The second-order valence-corrected chi connectivity index (χ2v) is 7.93. The molecule has 0 spiro atoms. The standard InChI is InChI=1S/C19H24BrN/c1-19(2)12-5-6-14(11-13-19)21-18-10-9-17(20)15-7-3-4-8-16(15)18/h3-4,7-10,14,21H,5-6,11-13H2,1-2H3. The van der Waals surface area contributed by atoms with Gasteiger partial charge in [0.25, 0.3) is 0 Å². The maximum Gasteiger partial charge on any atom is 0.0422 e. The van der Waals surface area contributed by atoms with Gasteiger partial charge in [0.05, 0.1) is 0 Å². The van der Waals surface area contributed by atoms with E-state index in [1.54, 1.807) is 0 Å². The first-order valence-corrected chi connectivity index (χ1v) is 8.78. The van der Waals surface area contributed by atoms with Gasteiger partial charge in [-0.15, -0.1) is 0 Å². The summed E-state index contributed by atoms with van der Waals surface area (Å²) < 4.78 is 1.17. The predicted molar refractivity (Wildman–Crippen MR) is 95.9 cm³/mol. The molecule has 21 heavy (non-hydrogen) atoms. The van der Waals surface area contributed by atoms with Crippen LogP contribution in [0.4, 0.5) is 5.69 Å². The van der Waals surface area contributed by atoms with Crippen molar-refractivity contribution in [3.05, 3.63) is 40.9 Å². The van der Waals surface area contributed by atoms with E-state index in [1.807, 2.05) is 0 Å². The maximum atomic E-state index is 3.81. The molecule has 1 unspecified atom stereocenters. The van der Waals surface area contributed by atoms with Crippen molar-refractivity contribution in [2.45, 2.75) is 52.0 Å². The summed E-state index contributed by atoms with van der Waals surface area (Å²) in [5.74, 6) is 0. The topological polar surface area (TPSA) is 12.0 Å². The number of nitrogens with one attached hydrogen (secondary N) is 1. The lowest BCUT2D eigenvalue weighted by Gasteiger charge is -2.23. The van der Waals surface area contributed by atoms with Crippen molar-refractivity contribution < 1.29 is 0 Å². The van der Waals surface area contributed by atoms with Gasteiger partial charge in [-0.25, -0.2) is 0 Å². The molecule has 112 valence electrons. The number of rotatable bonds is 2. The largest absolute Gasteiger partial charge is 0.382 e. The number of fused-ring (bicyclic) bond motifs is 1. The monoisotopic (exact) mass is 345 g/mol. The Morgan fingerprint density at radius 3 is 2.57 bits per heavy atom. The summed E-state index contributed by atoms with van der Waals surface area (Å²) in [6, 6.07) is 13.6. The lowest BCUT2D eigenvalue weighted by molar-refractivity contribution is 0.313. The summed E-state index contributed by atoms with van der Waals surface area (Å²) in [7, 11) is 0. The minimum absolute atomic E-state index is 0.512. The smallest absolute Gasteiger partial charge is 0.0422 e. The summed E-state index contributed by atoms with van der Waals surface area (Å²) in [5.41, 5.74) is 1.79. The number of benzene rings is 2. The first-order chi connectivity index (χ1) is 10.1. The van der Waals surface area contributed by atoms with E-state index in [2.05, 4.69) is 71.5 Å². The first kappa shape index (κ1) is 14.9. The zero-order valence-corrected chi connectivity index (χ0v) is 14.5. The van der Waals surface area contributed by atoms with Crippen LogP contribution in [0.25, 0.3) is 10.8 Å². The maximum absolute atomic E-state index is 3.81. The molecule has 1 fully saturated rings. The van der Waals surface area contributed by atoms with Crippen LogP contribution in [0.2, 0.25) is 0 Å². The lowest BCUT2D eigenvalue weighted by atomic mass is 9.85. The van der Waals surface area contributed by atoms with Crippen molar-refractivity contribution in [2.75, 3.05) is 5.32 Å². The fourth-order valence-electron chi connectivity index (χ4n) is 3.41. The lowest BCUT2D eigenvalue weighted by Crippen LogP contribution is -2.19. The minimum atomic E-state index is 0.512. The van der Waals surface area contributed by atoms with Crippen molar-refractivity contribution in [3.8, 4) is 0 Å². The predicted octanol–water partition coefficient (Wildman–Crippen LogP) is 6.37. The molecule has 1 saturated carbocycles. The third-order valence-electron chi connectivity index (χ3n) is 4.81. The Morgan fingerprint density at radius 1 is 1.00 bits per heavy atom. The number of hydrogen-bond acceptors (Lipinski definition) is 1. The summed E-state index contributed by atoms with van der Waals surface area (Å²) in [6.45, 7) is 4.81. The number of hydrogen-bond donors (Lipinski definition) is 1. The molecule has 1 atom stereocenters. The molecule has 1 nitrogen and oxygen atoms in total. The van der Waals surface area contributed by atoms with Crippen LogP contribution < -0.4 is 5.32 Å². The highest BCUT2D eigenvalue weighted by molar-refractivity contribution is 9.10. The van der Waals surface area contributed by atoms with Crippen LogP contribution >= 0.6 is 15.9 Å². The van der Waals surface area contributed by atoms with Gasteiger partial charge in [0.1, 0.15) is 0 Å². The number of halogens is 1. The number of anilines is 1. The fourth-order valence-corrected chi connectivity index (χ4v) is 3.89. The Morgan fingerprint density at radius 2 is 1.76 bits per heavy atom. The van der Waals surface area contributed by atoms with Crippen molar-refractivity contribution >= 4 is 32.4 Å². The molecule has 2 aromatic carbocycles. The third-order valence-corrected chi connectivity index (χ3v) is 5.50. The van der Waals surface area contributed by atoms with Crippen LogP contribution in [-0.4, -0.2) is 6.04 Å². The second-order valence-electron chi connectivity index (χ2n) is 7.08. The van der Waals surface area contributed by atoms with Gasteiger partial charge in [-0.2, -0.15) is 0 Å². The van der Waals surface area contributed by atoms with Crippen molar-refractivity contribution in [2.24, 2.45) is 5.41 Å². The molecule has 0 saturated heterocycles. The van der Waals surface area contributed by atoms with Crippen LogP contribution in [0.5, 0.6) is 0 Å². The van der Waals surface area contributed by atoms with Crippen molar-refractivity contribution in [3.63, 3.8) is 0 Å². The van der Waals surface area contributed by atoms with E-state index in [1.165, 1.54) is 53.0 Å². The Hall–Kier alpha value is -1.02. The molecule has 0 bridgehead atoms. The zero-order valence-electron chi connectivity index (χ0n) is 13.0. The Labute approximate surface area is 136 Å². The second kappa shape index (κ2) is 6.00. The Kier molecular flexibility index (Phi) is 4.26. The SMILES string of the molecule is CC1(C)CCCC(Nc2ccc(Br)c3ccccc23)CC1. The van der Waals surface area contributed by atoms with Gasteiger partial charge in [0, 0.05) is 21.6 Å². The van der Waals surface area contributed by atoms with Crippen molar-refractivity contribution in [1.82, 2.24) is 0 Å². The zero-order chi connectivity index (χ0) is 14.9. The summed E-state index contributed by atoms with van der Waals surface area (Å²) >= 11 is 3.66. The molecule has 2 aromatic rings. The van der Waals surface area contributed by atoms with Crippen LogP contribution in [0.3, 0.4) is 0 Å². The van der Waals surface area contributed by atoms with Crippen LogP contribution in [0, 0.1) is 5.41 Å². The molecule has 0 radical (unpaired) electrons. The van der Waals surface area contributed by atoms with E-state index in [-0.39, 0.29) is 0 Å². The highest BCUT2D eigenvalue weighted by atomic mass is 79.9. The van der Waals surface area contributed by atoms with Gasteiger partial charge in [-0.05, 0) is 48.6 Å². The molecule has 2 heteroatoms.